The van der Waals surface area contributed by atoms with E-state index >= 15 is 0 Å². The molecule has 2 aliphatic rings. The Morgan fingerprint density at radius 2 is 2.00 bits per heavy atom. The smallest absolute Gasteiger partial charge is 0.211 e. The predicted molar refractivity (Wildman–Crippen MR) is 71.0 cm³/mol. The van der Waals surface area contributed by atoms with E-state index in [1.165, 1.54) is 19.1 Å². The molecule has 0 aromatic carbocycles. The van der Waals surface area contributed by atoms with Crippen LogP contribution in [0.1, 0.15) is 32.1 Å². The number of ether oxygens (including phenoxy) is 1. The molecule has 0 amide bonds. The van der Waals surface area contributed by atoms with Crippen molar-refractivity contribution < 1.29 is 13.2 Å². The Kier molecular flexibility index (Phi) is 5.00. The van der Waals surface area contributed by atoms with Gasteiger partial charge in [-0.05, 0) is 38.6 Å². The molecule has 1 N–H and O–H groups in total. The third kappa shape index (κ3) is 4.19. The number of piperidine rings is 1. The monoisotopic (exact) mass is 276 g/mol. The minimum atomic E-state index is -3.00. The molecule has 0 aromatic rings. The van der Waals surface area contributed by atoms with E-state index < -0.39 is 10.0 Å². The second kappa shape index (κ2) is 6.32. The van der Waals surface area contributed by atoms with Crippen LogP contribution in [0.25, 0.3) is 0 Å². The van der Waals surface area contributed by atoms with Gasteiger partial charge in [-0.1, -0.05) is 0 Å². The lowest BCUT2D eigenvalue weighted by molar-refractivity contribution is 0.103. The van der Waals surface area contributed by atoms with Gasteiger partial charge in [0.15, 0.2) is 0 Å². The highest BCUT2D eigenvalue weighted by Gasteiger charge is 2.24. The van der Waals surface area contributed by atoms with Crippen molar-refractivity contribution >= 4 is 10.0 Å². The van der Waals surface area contributed by atoms with Crippen LogP contribution in [-0.4, -0.2) is 57.4 Å². The van der Waals surface area contributed by atoms with E-state index in [9.17, 15) is 8.42 Å². The lowest BCUT2D eigenvalue weighted by Crippen LogP contribution is -2.45. The Hall–Kier alpha value is -0.170. The molecular weight excluding hydrogens is 252 g/mol. The predicted octanol–water partition coefficient (Wildman–Crippen LogP) is 0.569. The van der Waals surface area contributed by atoms with E-state index in [1.54, 1.807) is 4.31 Å². The summed E-state index contributed by atoms with van der Waals surface area (Å²) in [6.45, 7) is 3.19. The maximum absolute atomic E-state index is 11.4. The van der Waals surface area contributed by atoms with E-state index in [0.29, 0.717) is 25.2 Å². The number of hydrogen-bond acceptors (Lipinski definition) is 4. The Labute approximate surface area is 110 Å². The number of nitrogens with zero attached hydrogens (tertiary/aromatic N) is 1. The van der Waals surface area contributed by atoms with Crippen LogP contribution in [-0.2, 0) is 14.8 Å². The Bertz CT molecular complexity index is 344. The fourth-order valence-corrected chi connectivity index (χ4v) is 3.59. The second-order valence-electron chi connectivity index (χ2n) is 5.31. The van der Waals surface area contributed by atoms with E-state index in [0.717, 1.165) is 32.4 Å². The standard InChI is InChI=1S/C12H24N2O3S/c1-18(15,16)14-8-5-11(6-9-14)13-7-4-12-3-2-10-17-12/h11-13H,2-10H2,1H3. The highest BCUT2D eigenvalue weighted by atomic mass is 32.2. The molecule has 18 heavy (non-hydrogen) atoms. The molecular formula is C12H24N2O3S. The van der Waals surface area contributed by atoms with E-state index in [2.05, 4.69) is 5.32 Å². The summed E-state index contributed by atoms with van der Waals surface area (Å²) < 4.78 is 29.9. The molecule has 0 spiro atoms. The SMILES string of the molecule is CS(=O)(=O)N1CCC(NCCC2CCCO2)CC1. The molecule has 2 heterocycles. The summed E-state index contributed by atoms with van der Waals surface area (Å²) in [7, 11) is -3.00. The lowest BCUT2D eigenvalue weighted by Gasteiger charge is -2.31. The van der Waals surface area contributed by atoms with Crippen molar-refractivity contribution in [2.24, 2.45) is 0 Å². The summed E-state index contributed by atoms with van der Waals surface area (Å²) in [5, 5.41) is 3.52. The molecule has 6 heteroatoms. The number of nitrogens with one attached hydrogen (secondary N) is 1. The zero-order valence-electron chi connectivity index (χ0n) is 11.1. The summed E-state index contributed by atoms with van der Waals surface area (Å²) in [6.07, 6.45) is 7.02. The second-order valence-corrected chi connectivity index (χ2v) is 7.30. The molecule has 0 aliphatic carbocycles. The van der Waals surface area contributed by atoms with Crippen LogP contribution in [0.3, 0.4) is 0 Å². The van der Waals surface area contributed by atoms with Gasteiger partial charge in [0.05, 0.1) is 12.4 Å². The normalized spacial score (nSPS) is 27.7. The van der Waals surface area contributed by atoms with Crippen LogP contribution in [0.4, 0.5) is 0 Å². The molecule has 106 valence electrons. The average molecular weight is 276 g/mol. The van der Waals surface area contributed by atoms with Crippen molar-refractivity contribution in [3.63, 3.8) is 0 Å². The fourth-order valence-electron chi connectivity index (χ4n) is 2.71. The maximum atomic E-state index is 11.4. The molecule has 2 fully saturated rings. The molecule has 0 bridgehead atoms. The van der Waals surface area contributed by atoms with E-state index in [1.807, 2.05) is 0 Å². The van der Waals surface area contributed by atoms with Crippen LogP contribution < -0.4 is 5.32 Å². The highest BCUT2D eigenvalue weighted by molar-refractivity contribution is 7.88. The first kappa shape index (κ1) is 14.2. The van der Waals surface area contributed by atoms with Crippen molar-refractivity contribution in [3.8, 4) is 0 Å². The Morgan fingerprint density at radius 3 is 2.56 bits per heavy atom. The van der Waals surface area contributed by atoms with Crippen LogP contribution in [0.15, 0.2) is 0 Å². The number of sulfonamides is 1. The van der Waals surface area contributed by atoms with Gasteiger partial charge in [-0.15, -0.1) is 0 Å². The summed E-state index contributed by atoms with van der Waals surface area (Å²) in [5.74, 6) is 0. The van der Waals surface area contributed by atoms with Gasteiger partial charge in [0, 0.05) is 25.7 Å². The molecule has 0 aromatic heterocycles. The lowest BCUT2D eigenvalue weighted by atomic mass is 10.1. The first-order chi connectivity index (χ1) is 8.55. The average Bonchev–Trinajstić information content (AvgIpc) is 2.82. The van der Waals surface area contributed by atoms with E-state index in [4.69, 9.17) is 4.74 Å². The van der Waals surface area contributed by atoms with Gasteiger partial charge in [0.2, 0.25) is 10.0 Å². The van der Waals surface area contributed by atoms with Crippen LogP contribution in [0.2, 0.25) is 0 Å². The molecule has 2 aliphatic heterocycles. The first-order valence-corrected chi connectivity index (χ1v) is 8.70. The van der Waals surface area contributed by atoms with Crippen molar-refractivity contribution in [1.29, 1.82) is 0 Å². The van der Waals surface area contributed by atoms with Crippen LogP contribution in [0.5, 0.6) is 0 Å². The zero-order chi connectivity index (χ0) is 13.0. The number of hydrogen-bond donors (Lipinski definition) is 1. The summed E-state index contributed by atoms with van der Waals surface area (Å²) in [4.78, 5) is 0. The largest absolute Gasteiger partial charge is 0.378 e. The molecule has 0 saturated carbocycles. The molecule has 5 nitrogen and oxygen atoms in total. The molecule has 1 unspecified atom stereocenters. The number of rotatable bonds is 5. The summed E-state index contributed by atoms with van der Waals surface area (Å²) in [5.41, 5.74) is 0. The first-order valence-electron chi connectivity index (χ1n) is 6.86. The zero-order valence-corrected chi connectivity index (χ0v) is 11.9. The topological polar surface area (TPSA) is 58.6 Å². The Morgan fingerprint density at radius 1 is 1.28 bits per heavy atom. The van der Waals surface area contributed by atoms with Gasteiger partial charge < -0.3 is 10.1 Å². The van der Waals surface area contributed by atoms with Crippen molar-refractivity contribution in [1.82, 2.24) is 9.62 Å². The minimum Gasteiger partial charge on any atom is -0.378 e. The van der Waals surface area contributed by atoms with Crippen molar-refractivity contribution in [2.45, 2.75) is 44.2 Å². The van der Waals surface area contributed by atoms with Gasteiger partial charge in [-0.2, -0.15) is 0 Å². The van der Waals surface area contributed by atoms with Gasteiger partial charge in [-0.25, -0.2) is 12.7 Å². The van der Waals surface area contributed by atoms with Gasteiger partial charge >= 0.3 is 0 Å². The molecule has 1 atom stereocenters. The van der Waals surface area contributed by atoms with Crippen LogP contribution >= 0.6 is 0 Å². The third-order valence-corrected chi connectivity index (χ3v) is 5.15. The summed E-state index contributed by atoms with van der Waals surface area (Å²) in [6, 6.07) is 0.462. The highest BCUT2D eigenvalue weighted by Crippen LogP contribution is 2.16. The minimum absolute atomic E-state index is 0.439. The van der Waals surface area contributed by atoms with Gasteiger partial charge in [0.1, 0.15) is 0 Å². The van der Waals surface area contributed by atoms with E-state index in [-0.39, 0.29) is 0 Å². The third-order valence-electron chi connectivity index (χ3n) is 3.85. The van der Waals surface area contributed by atoms with Gasteiger partial charge in [0.25, 0.3) is 0 Å². The molecule has 2 saturated heterocycles. The van der Waals surface area contributed by atoms with Crippen LogP contribution in [0, 0.1) is 0 Å². The van der Waals surface area contributed by atoms with Crippen molar-refractivity contribution in [3.05, 3.63) is 0 Å². The Balaban J connectivity index is 1.61. The maximum Gasteiger partial charge on any atom is 0.211 e. The molecule has 0 radical (unpaired) electrons. The summed E-state index contributed by atoms with van der Waals surface area (Å²) >= 11 is 0. The quantitative estimate of drug-likeness (QED) is 0.797. The molecule has 2 rings (SSSR count). The van der Waals surface area contributed by atoms with Gasteiger partial charge in [-0.3, -0.25) is 0 Å². The van der Waals surface area contributed by atoms with Crippen molar-refractivity contribution in [2.75, 3.05) is 32.5 Å². The fraction of sp³-hybridized carbons (Fsp3) is 1.00.